The van der Waals surface area contributed by atoms with Crippen molar-refractivity contribution in [3.05, 3.63) is 24.3 Å². The predicted molar refractivity (Wildman–Crippen MR) is 317 cm³/mol. The average Bonchev–Trinajstić information content (AvgIpc) is 3.39. The summed E-state index contributed by atoms with van der Waals surface area (Å²) in [6, 6.07) is 0. The van der Waals surface area contributed by atoms with Crippen molar-refractivity contribution in [2.24, 2.45) is 0 Å². The number of ether oxygens (including phenoxy) is 8. The zero-order valence-corrected chi connectivity index (χ0v) is 51.3. The second-order valence-corrected chi connectivity index (χ2v) is 22.5. The van der Waals surface area contributed by atoms with Crippen molar-refractivity contribution in [1.29, 1.82) is 0 Å². The van der Waals surface area contributed by atoms with E-state index in [9.17, 15) is 24.8 Å². The molecule has 5 atom stereocenters. The van der Waals surface area contributed by atoms with Gasteiger partial charge >= 0.3 is 7.82 Å². The Morgan fingerprint density at radius 1 is 0.385 bits per heavy atom. The number of phosphoric ester groups is 1. The summed E-state index contributed by atoms with van der Waals surface area (Å²) in [6.07, 6.45) is 42.1. The van der Waals surface area contributed by atoms with Gasteiger partial charge in [0.15, 0.2) is 0 Å². The molecule has 0 heterocycles. The predicted octanol–water partition coefficient (Wildman–Crippen LogP) is 12.5. The quantitative estimate of drug-likeness (QED) is 0.0255. The van der Waals surface area contributed by atoms with Crippen LogP contribution < -0.4 is 0 Å². The van der Waals surface area contributed by atoms with Crippen LogP contribution in [-0.2, 0) is 51.5 Å². The molecule has 0 aliphatic carbocycles. The Balaban J connectivity index is 4.10. The first-order valence-electron chi connectivity index (χ1n) is 31.4. The van der Waals surface area contributed by atoms with E-state index in [1.54, 1.807) is 18.7 Å². The van der Waals surface area contributed by atoms with Crippen LogP contribution in [0.15, 0.2) is 24.3 Å². The third-order valence-corrected chi connectivity index (χ3v) is 14.0. The van der Waals surface area contributed by atoms with E-state index in [0.29, 0.717) is 59.5 Å². The van der Waals surface area contributed by atoms with E-state index in [0.717, 1.165) is 26.1 Å². The SMILES string of the molecule is CCCCCCCC/C=C/CCCCCCCCOCCOCCOCCOCCOP(=O)(O)OC(COCCOCCOCCOCCCCCCCC/C=C/CCCCCCCC)CC(O)CN(CC(C)O)CC(C)O. The number of hydrogen-bond donors (Lipinski definition) is 4. The molecule has 0 spiro atoms. The Hall–Kier alpha value is -0.890. The lowest BCUT2D eigenvalue weighted by molar-refractivity contribution is -0.0337. The van der Waals surface area contributed by atoms with Gasteiger partial charge in [-0.25, -0.2) is 4.57 Å². The number of unbranched alkanes of at least 4 members (excludes halogenated alkanes) is 24. The first-order chi connectivity index (χ1) is 38.1. The smallest absolute Gasteiger partial charge is 0.392 e. The minimum Gasteiger partial charge on any atom is -0.392 e. The zero-order valence-electron chi connectivity index (χ0n) is 50.4. The fourth-order valence-electron chi connectivity index (χ4n) is 8.76. The van der Waals surface area contributed by atoms with Crippen LogP contribution in [0.3, 0.4) is 0 Å². The highest BCUT2D eigenvalue weighted by Crippen LogP contribution is 2.45. The Morgan fingerprint density at radius 3 is 1.03 bits per heavy atom. The summed E-state index contributed by atoms with van der Waals surface area (Å²) < 4.78 is 68.7. The molecule has 0 aromatic heterocycles. The van der Waals surface area contributed by atoms with Gasteiger partial charge in [0.1, 0.15) is 0 Å². The van der Waals surface area contributed by atoms with Crippen LogP contribution in [0.5, 0.6) is 0 Å². The number of allylic oxidation sites excluding steroid dienone is 4. The summed E-state index contributed by atoms with van der Waals surface area (Å²) in [4.78, 5) is 12.3. The van der Waals surface area contributed by atoms with Crippen LogP contribution in [-0.4, -0.2) is 181 Å². The second-order valence-electron chi connectivity index (χ2n) is 21.1. The van der Waals surface area contributed by atoms with E-state index in [-0.39, 0.29) is 65.7 Å². The third kappa shape index (κ3) is 62.7. The van der Waals surface area contributed by atoms with Gasteiger partial charge in [-0.2, -0.15) is 0 Å². The molecule has 0 radical (unpaired) electrons. The van der Waals surface area contributed by atoms with Crippen molar-refractivity contribution in [2.75, 3.05) is 132 Å². The van der Waals surface area contributed by atoms with Crippen molar-refractivity contribution in [2.45, 2.75) is 238 Å². The lowest BCUT2D eigenvalue weighted by Gasteiger charge is -2.29. The lowest BCUT2D eigenvalue weighted by atomic mass is 10.1. The van der Waals surface area contributed by atoms with Gasteiger partial charge in [-0.3, -0.25) is 13.9 Å². The fraction of sp³-hybridized carbons (Fsp3) is 0.934. The Labute approximate surface area is 477 Å². The van der Waals surface area contributed by atoms with Crippen molar-refractivity contribution >= 4 is 7.82 Å². The molecule has 78 heavy (non-hydrogen) atoms. The summed E-state index contributed by atoms with van der Waals surface area (Å²) in [7, 11) is -4.57. The topological polar surface area (TPSA) is 194 Å². The standard InChI is InChI=1S/C61H122NO15P/c1-5-7-9-11-13-15-17-19-21-23-25-27-29-31-33-35-37-68-39-41-70-43-44-72-47-48-74-51-52-76-78(66,67)77-61(53-60(65)56-62(54-58(3)63)55-59(4)64)57-75-50-49-73-46-45-71-42-40-69-38-36-34-32-30-28-26-24-22-20-18-16-14-12-10-8-6-2/h19-22,58-61,63-65H,5-18,23-57H2,1-4H3,(H,66,67)/b21-19+,22-20+. The highest BCUT2D eigenvalue weighted by atomic mass is 31.2. The number of aliphatic hydroxyl groups excluding tert-OH is 3. The number of phosphoric acid groups is 1. The molecule has 0 saturated heterocycles. The maximum atomic E-state index is 13.0. The molecular weight excluding hydrogens is 1020 g/mol. The maximum absolute atomic E-state index is 13.0. The van der Waals surface area contributed by atoms with E-state index in [4.69, 9.17) is 46.9 Å². The molecule has 0 aromatic rings. The van der Waals surface area contributed by atoms with Crippen LogP contribution in [0, 0.1) is 0 Å². The molecular formula is C61H122NO15P. The molecule has 0 rings (SSSR count). The Bertz CT molecular complexity index is 1270. The Morgan fingerprint density at radius 2 is 0.679 bits per heavy atom. The highest BCUT2D eigenvalue weighted by Gasteiger charge is 2.29. The molecule has 0 amide bonds. The summed E-state index contributed by atoms with van der Waals surface area (Å²) in [5, 5.41) is 30.8. The molecule has 16 nitrogen and oxygen atoms in total. The Kier molecular flexibility index (Phi) is 61.5. The monoisotopic (exact) mass is 1140 g/mol. The second kappa shape index (κ2) is 62.2. The van der Waals surface area contributed by atoms with Crippen LogP contribution >= 0.6 is 7.82 Å². The average molecular weight is 1140 g/mol. The van der Waals surface area contributed by atoms with Gasteiger partial charge < -0.3 is 58.1 Å². The molecule has 4 N–H and O–H groups in total. The van der Waals surface area contributed by atoms with Crippen molar-refractivity contribution in [3.63, 3.8) is 0 Å². The van der Waals surface area contributed by atoms with Crippen molar-refractivity contribution in [3.8, 4) is 0 Å². The van der Waals surface area contributed by atoms with Crippen molar-refractivity contribution < 1.29 is 71.7 Å². The summed E-state index contributed by atoms with van der Waals surface area (Å²) in [5.41, 5.74) is 0. The molecule has 0 aliphatic rings. The van der Waals surface area contributed by atoms with Gasteiger partial charge in [-0.1, -0.05) is 154 Å². The normalized spacial score (nSPS) is 14.6. The summed E-state index contributed by atoms with van der Waals surface area (Å²) in [5.74, 6) is 0. The molecule has 5 unspecified atom stereocenters. The molecule has 0 fully saturated rings. The summed E-state index contributed by atoms with van der Waals surface area (Å²) in [6.45, 7) is 14.3. The van der Waals surface area contributed by atoms with E-state index in [1.807, 2.05) is 0 Å². The van der Waals surface area contributed by atoms with E-state index >= 15 is 0 Å². The van der Waals surface area contributed by atoms with Crippen LogP contribution in [0.4, 0.5) is 0 Å². The molecule has 0 aliphatic heterocycles. The van der Waals surface area contributed by atoms with Gasteiger partial charge in [0.05, 0.1) is 124 Å². The van der Waals surface area contributed by atoms with Crippen LogP contribution in [0.25, 0.3) is 0 Å². The lowest BCUT2D eigenvalue weighted by Crippen LogP contribution is -2.42. The summed E-state index contributed by atoms with van der Waals surface area (Å²) >= 11 is 0. The molecule has 466 valence electrons. The number of nitrogens with zero attached hydrogens (tertiary/aromatic N) is 1. The van der Waals surface area contributed by atoms with Gasteiger partial charge in [-0.05, 0) is 78.1 Å². The van der Waals surface area contributed by atoms with Gasteiger partial charge in [0.25, 0.3) is 0 Å². The van der Waals surface area contributed by atoms with E-state index < -0.39 is 32.2 Å². The molecule has 0 saturated carbocycles. The largest absolute Gasteiger partial charge is 0.472 e. The minimum atomic E-state index is -4.57. The number of hydrogen-bond acceptors (Lipinski definition) is 15. The number of aliphatic hydroxyl groups is 3. The molecule has 0 aromatic carbocycles. The van der Waals surface area contributed by atoms with E-state index in [2.05, 4.69) is 38.2 Å². The van der Waals surface area contributed by atoms with Gasteiger partial charge in [-0.15, -0.1) is 0 Å². The van der Waals surface area contributed by atoms with E-state index in [1.165, 1.54) is 167 Å². The highest BCUT2D eigenvalue weighted by molar-refractivity contribution is 7.47. The first-order valence-corrected chi connectivity index (χ1v) is 32.9. The van der Waals surface area contributed by atoms with Crippen LogP contribution in [0.1, 0.15) is 214 Å². The molecule has 0 bridgehead atoms. The zero-order chi connectivity index (χ0) is 56.9. The van der Waals surface area contributed by atoms with Gasteiger partial charge in [0.2, 0.25) is 0 Å². The third-order valence-electron chi connectivity index (χ3n) is 12.9. The minimum absolute atomic E-state index is 0.0335. The maximum Gasteiger partial charge on any atom is 0.472 e. The molecule has 17 heteroatoms. The fourth-order valence-corrected chi connectivity index (χ4v) is 9.65. The van der Waals surface area contributed by atoms with Gasteiger partial charge in [0, 0.05) is 39.3 Å². The number of rotatable bonds is 66. The van der Waals surface area contributed by atoms with Crippen molar-refractivity contribution in [1.82, 2.24) is 4.90 Å². The first kappa shape index (κ1) is 77.1. The van der Waals surface area contributed by atoms with Crippen LogP contribution in [0.2, 0.25) is 0 Å².